The third kappa shape index (κ3) is 2.94. The lowest BCUT2D eigenvalue weighted by atomic mass is 10.2. The summed E-state index contributed by atoms with van der Waals surface area (Å²) in [7, 11) is 0. The predicted octanol–water partition coefficient (Wildman–Crippen LogP) is 3.77. The van der Waals surface area contributed by atoms with Crippen LogP contribution < -0.4 is 0 Å². The van der Waals surface area contributed by atoms with Crippen molar-refractivity contribution in [2.75, 3.05) is 13.1 Å². The molecule has 4 aromatic heterocycles. The third-order valence-electron chi connectivity index (χ3n) is 5.01. The molecule has 0 bridgehead atoms. The summed E-state index contributed by atoms with van der Waals surface area (Å²) in [5, 5.41) is 4.04. The molecule has 1 aliphatic rings. The Hall–Kier alpha value is -2.93. The maximum absolute atomic E-state index is 12.7. The minimum Gasteiger partial charge on any atom is -0.461 e. The highest BCUT2D eigenvalue weighted by atomic mass is 32.1. The molecule has 5 rings (SSSR count). The van der Waals surface area contributed by atoms with E-state index >= 15 is 0 Å². The van der Waals surface area contributed by atoms with Crippen LogP contribution in [0.15, 0.2) is 58.0 Å². The van der Waals surface area contributed by atoms with Gasteiger partial charge in [-0.15, -0.1) is 0 Å². The van der Waals surface area contributed by atoms with Crippen molar-refractivity contribution in [2.24, 2.45) is 0 Å². The molecule has 4 aromatic rings. The van der Waals surface area contributed by atoms with Crippen LogP contribution in [0.2, 0.25) is 0 Å². The summed E-state index contributed by atoms with van der Waals surface area (Å²) >= 11 is 1.62. The molecule has 7 heteroatoms. The minimum atomic E-state index is 0.136. The summed E-state index contributed by atoms with van der Waals surface area (Å²) in [6.45, 7) is 1.41. The van der Waals surface area contributed by atoms with Gasteiger partial charge in [-0.25, -0.2) is 9.97 Å². The Labute approximate surface area is 160 Å². The van der Waals surface area contributed by atoms with Gasteiger partial charge in [0.1, 0.15) is 5.52 Å². The maximum atomic E-state index is 12.7. The molecule has 0 radical (unpaired) electrons. The van der Waals surface area contributed by atoms with Gasteiger partial charge in [0.2, 0.25) is 5.91 Å². The van der Waals surface area contributed by atoms with E-state index in [0.717, 1.165) is 41.3 Å². The van der Waals surface area contributed by atoms with Crippen LogP contribution in [0, 0.1) is 0 Å². The molecule has 0 aromatic carbocycles. The van der Waals surface area contributed by atoms with Crippen molar-refractivity contribution < 1.29 is 9.21 Å². The smallest absolute Gasteiger partial charge is 0.227 e. The number of carbonyl (C=O) groups is 1. The van der Waals surface area contributed by atoms with Gasteiger partial charge in [0.25, 0.3) is 0 Å². The summed E-state index contributed by atoms with van der Waals surface area (Å²) in [4.78, 5) is 23.9. The highest BCUT2D eigenvalue weighted by Crippen LogP contribution is 2.32. The predicted molar refractivity (Wildman–Crippen MR) is 103 cm³/mol. The number of hydrogen-bond acceptors (Lipinski definition) is 5. The second kappa shape index (κ2) is 6.66. The van der Waals surface area contributed by atoms with Gasteiger partial charge in [0.15, 0.2) is 17.2 Å². The molecule has 0 N–H and O–H groups in total. The van der Waals surface area contributed by atoms with Crippen LogP contribution in [-0.4, -0.2) is 38.4 Å². The first kappa shape index (κ1) is 16.3. The van der Waals surface area contributed by atoms with E-state index < -0.39 is 0 Å². The number of hydrogen-bond donors (Lipinski definition) is 0. The minimum absolute atomic E-state index is 0.136. The van der Waals surface area contributed by atoms with Crippen molar-refractivity contribution in [2.45, 2.75) is 18.9 Å². The molecule has 0 unspecified atom stereocenters. The van der Waals surface area contributed by atoms with Crippen molar-refractivity contribution in [3.05, 3.63) is 59.1 Å². The summed E-state index contributed by atoms with van der Waals surface area (Å²) in [6.07, 6.45) is 4.77. The molecule has 6 nitrogen and oxygen atoms in total. The fourth-order valence-corrected chi connectivity index (χ4v) is 4.38. The van der Waals surface area contributed by atoms with E-state index in [1.165, 1.54) is 0 Å². The Morgan fingerprint density at radius 1 is 1.30 bits per heavy atom. The number of imidazole rings is 1. The summed E-state index contributed by atoms with van der Waals surface area (Å²) in [5.41, 5.74) is 2.76. The van der Waals surface area contributed by atoms with Gasteiger partial charge in [-0.05, 0) is 53.1 Å². The molecule has 0 aliphatic carbocycles. The number of aromatic nitrogens is 3. The average molecular weight is 378 g/mol. The molecule has 0 saturated carbocycles. The molecule has 136 valence electrons. The van der Waals surface area contributed by atoms with Crippen LogP contribution in [-0.2, 0) is 11.2 Å². The number of fused-ring (bicyclic) bond motifs is 1. The van der Waals surface area contributed by atoms with Crippen LogP contribution in [0.25, 0.3) is 22.7 Å². The fraction of sp³-hybridized carbons (Fsp3) is 0.250. The second-order valence-corrected chi connectivity index (χ2v) is 7.50. The first-order valence-corrected chi connectivity index (χ1v) is 9.89. The van der Waals surface area contributed by atoms with Crippen LogP contribution in [0.4, 0.5) is 0 Å². The number of carbonyl (C=O) groups excluding carboxylic acids is 1. The highest BCUT2D eigenvalue weighted by Gasteiger charge is 2.31. The normalized spacial score (nSPS) is 17.0. The molecule has 5 heterocycles. The fourth-order valence-electron chi connectivity index (χ4n) is 3.71. The van der Waals surface area contributed by atoms with E-state index in [1.54, 1.807) is 23.8 Å². The lowest BCUT2D eigenvalue weighted by Crippen LogP contribution is -2.30. The van der Waals surface area contributed by atoms with E-state index in [4.69, 9.17) is 9.40 Å². The van der Waals surface area contributed by atoms with Crippen LogP contribution in [0.1, 0.15) is 18.0 Å². The SMILES string of the molecule is O=C(Cc1ccsc1)N1CC[C@@H](n2c(-c3ccco3)nc3cccnc32)C1. The molecule has 1 saturated heterocycles. The molecule has 27 heavy (non-hydrogen) atoms. The standard InChI is InChI=1S/C20H18N4O2S/c25-18(11-14-6-10-27-13-14)23-8-5-15(12-23)24-19-16(3-1-7-21-19)22-20(24)17-4-2-9-26-17/h1-4,6-7,9-10,13,15H,5,8,11-12H2/t15-/m1/s1. The van der Waals surface area contributed by atoms with Crippen LogP contribution in [0.5, 0.6) is 0 Å². The Bertz CT molecular complexity index is 1070. The average Bonchev–Trinajstić information content (AvgIpc) is 3.46. The number of rotatable bonds is 4. The number of likely N-dealkylation sites (tertiary alicyclic amines) is 1. The number of nitrogens with zero attached hydrogens (tertiary/aromatic N) is 4. The zero-order valence-electron chi connectivity index (χ0n) is 14.6. The largest absolute Gasteiger partial charge is 0.461 e. The lowest BCUT2D eigenvalue weighted by Gasteiger charge is -2.18. The van der Waals surface area contributed by atoms with Crippen molar-refractivity contribution >= 4 is 28.4 Å². The van der Waals surface area contributed by atoms with Gasteiger partial charge in [0, 0.05) is 19.3 Å². The molecular formula is C20H18N4O2S. The van der Waals surface area contributed by atoms with Gasteiger partial charge in [-0.2, -0.15) is 11.3 Å². The van der Waals surface area contributed by atoms with E-state index in [2.05, 4.69) is 9.55 Å². The lowest BCUT2D eigenvalue weighted by molar-refractivity contribution is -0.129. The van der Waals surface area contributed by atoms with Crippen molar-refractivity contribution in [3.8, 4) is 11.6 Å². The van der Waals surface area contributed by atoms with E-state index in [1.807, 2.05) is 46.0 Å². The van der Waals surface area contributed by atoms with E-state index in [0.29, 0.717) is 13.0 Å². The molecular weight excluding hydrogens is 360 g/mol. The first-order valence-electron chi connectivity index (χ1n) is 8.95. The molecule has 0 spiro atoms. The molecule has 1 amide bonds. The van der Waals surface area contributed by atoms with Crippen molar-refractivity contribution in [1.82, 2.24) is 19.4 Å². The molecule has 1 fully saturated rings. The monoisotopic (exact) mass is 378 g/mol. The van der Waals surface area contributed by atoms with Crippen molar-refractivity contribution in [3.63, 3.8) is 0 Å². The topological polar surface area (TPSA) is 64.2 Å². The summed E-state index contributed by atoms with van der Waals surface area (Å²) in [6, 6.07) is 9.76. The van der Waals surface area contributed by atoms with E-state index in [-0.39, 0.29) is 11.9 Å². The number of pyridine rings is 1. The van der Waals surface area contributed by atoms with Crippen LogP contribution in [0.3, 0.4) is 0 Å². The Balaban J connectivity index is 1.46. The van der Waals surface area contributed by atoms with Gasteiger partial charge in [0.05, 0.1) is 18.7 Å². The Morgan fingerprint density at radius 2 is 2.26 bits per heavy atom. The number of furan rings is 1. The molecule has 1 aliphatic heterocycles. The number of amides is 1. The first-order chi connectivity index (χ1) is 13.3. The summed E-state index contributed by atoms with van der Waals surface area (Å²) in [5.74, 6) is 1.66. The Morgan fingerprint density at radius 3 is 3.07 bits per heavy atom. The van der Waals surface area contributed by atoms with Gasteiger partial charge < -0.3 is 13.9 Å². The van der Waals surface area contributed by atoms with Gasteiger partial charge >= 0.3 is 0 Å². The van der Waals surface area contributed by atoms with Crippen LogP contribution >= 0.6 is 11.3 Å². The highest BCUT2D eigenvalue weighted by molar-refractivity contribution is 7.08. The van der Waals surface area contributed by atoms with Gasteiger partial charge in [-0.1, -0.05) is 0 Å². The maximum Gasteiger partial charge on any atom is 0.227 e. The molecule has 1 atom stereocenters. The second-order valence-electron chi connectivity index (χ2n) is 6.72. The Kier molecular flexibility index (Phi) is 4.01. The third-order valence-corrected chi connectivity index (χ3v) is 5.74. The summed E-state index contributed by atoms with van der Waals surface area (Å²) < 4.78 is 7.73. The number of thiophene rings is 1. The van der Waals surface area contributed by atoms with Crippen molar-refractivity contribution in [1.29, 1.82) is 0 Å². The zero-order chi connectivity index (χ0) is 18.2. The van der Waals surface area contributed by atoms with E-state index in [9.17, 15) is 4.79 Å². The quantitative estimate of drug-likeness (QED) is 0.542. The zero-order valence-corrected chi connectivity index (χ0v) is 15.4. The van der Waals surface area contributed by atoms with Gasteiger partial charge in [-0.3, -0.25) is 4.79 Å².